The lowest BCUT2D eigenvalue weighted by Crippen LogP contribution is -2.21. The standard InChI is InChI=1S/C14H14ClFN2O/c15-11-2-1-3-12(16)13(11)14(19)10(8-17)9-4-6-18-7-5-9/h1-7,10,14,19H,8,17H2. The quantitative estimate of drug-likeness (QED) is 0.905. The highest BCUT2D eigenvalue weighted by molar-refractivity contribution is 6.31. The van der Waals surface area contributed by atoms with Crippen molar-refractivity contribution in [3.8, 4) is 0 Å². The molecule has 3 nitrogen and oxygen atoms in total. The summed E-state index contributed by atoms with van der Waals surface area (Å²) in [5.74, 6) is -0.968. The van der Waals surface area contributed by atoms with Gasteiger partial charge in [-0.25, -0.2) is 4.39 Å². The van der Waals surface area contributed by atoms with Gasteiger partial charge in [0.05, 0.1) is 6.10 Å². The summed E-state index contributed by atoms with van der Waals surface area (Å²) < 4.78 is 13.8. The molecule has 1 aromatic heterocycles. The van der Waals surface area contributed by atoms with Gasteiger partial charge in [-0.05, 0) is 29.8 Å². The lowest BCUT2D eigenvalue weighted by molar-refractivity contribution is 0.143. The van der Waals surface area contributed by atoms with E-state index in [1.807, 2.05) is 0 Å². The number of hydrogen-bond donors (Lipinski definition) is 2. The topological polar surface area (TPSA) is 59.1 Å². The van der Waals surface area contributed by atoms with E-state index in [1.165, 1.54) is 12.1 Å². The number of nitrogens with two attached hydrogens (primary N) is 1. The Morgan fingerprint density at radius 2 is 1.95 bits per heavy atom. The third-order valence-electron chi connectivity index (χ3n) is 3.06. The van der Waals surface area contributed by atoms with Crippen molar-refractivity contribution >= 4 is 11.6 Å². The Morgan fingerprint density at radius 3 is 2.53 bits per heavy atom. The van der Waals surface area contributed by atoms with Gasteiger partial charge in [-0.1, -0.05) is 17.7 Å². The smallest absolute Gasteiger partial charge is 0.130 e. The van der Waals surface area contributed by atoms with E-state index in [9.17, 15) is 9.50 Å². The van der Waals surface area contributed by atoms with Crippen LogP contribution >= 0.6 is 11.6 Å². The second-order valence-corrected chi connectivity index (χ2v) is 4.61. The summed E-state index contributed by atoms with van der Waals surface area (Å²) in [7, 11) is 0. The van der Waals surface area contributed by atoms with Crippen LogP contribution in [0.15, 0.2) is 42.7 Å². The lowest BCUT2D eigenvalue weighted by atomic mass is 9.89. The third-order valence-corrected chi connectivity index (χ3v) is 3.39. The van der Waals surface area contributed by atoms with Crippen molar-refractivity contribution in [2.75, 3.05) is 6.54 Å². The average Bonchev–Trinajstić information content (AvgIpc) is 2.40. The van der Waals surface area contributed by atoms with Crippen LogP contribution in [0.1, 0.15) is 23.1 Å². The Balaban J connectivity index is 2.39. The van der Waals surface area contributed by atoms with Crippen molar-refractivity contribution in [3.63, 3.8) is 0 Å². The molecule has 0 saturated carbocycles. The van der Waals surface area contributed by atoms with Crippen LogP contribution in [0.25, 0.3) is 0 Å². The van der Waals surface area contributed by atoms with Gasteiger partial charge in [-0.3, -0.25) is 4.98 Å². The van der Waals surface area contributed by atoms with Crippen LogP contribution in [0.5, 0.6) is 0 Å². The first-order chi connectivity index (χ1) is 9.15. The minimum Gasteiger partial charge on any atom is -0.388 e. The first kappa shape index (κ1) is 13.9. The second-order valence-electron chi connectivity index (χ2n) is 4.20. The first-order valence-corrected chi connectivity index (χ1v) is 6.25. The van der Waals surface area contributed by atoms with Gasteiger partial charge >= 0.3 is 0 Å². The molecule has 100 valence electrons. The number of nitrogens with zero attached hydrogens (tertiary/aromatic N) is 1. The molecule has 1 heterocycles. The molecule has 19 heavy (non-hydrogen) atoms. The molecule has 1 aromatic carbocycles. The van der Waals surface area contributed by atoms with Gasteiger partial charge in [-0.15, -0.1) is 0 Å². The summed E-state index contributed by atoms with van der Waals surface area (Å²) in [5.41, 5.74) is 6.57. The minimum atomic E-state index is -1.10. The van der Waals surface area contributed by atoms with Crippen LogP contribution in [0.2, 0.25) is 5.02 Å². The summed E-state index contributed by atoms with van der Waals surface area (Å²) in [6.45, 7) is 0.176. The van der Waals surface area contributed by atoms with E-state index >= 15 is 0 Å². The predicted octanol–water partition coefficient (Wildman–Crippen LogP) is 2.65. The molecule has 0 aliphatic heterocycles. The van der Waals surface area contributed by atoms with Crippen molar-refractivity contribution in [3.05, 3.63) is 64.7 Å². The second kappa shape index (κ2) is 6.10. The fourth-order valence-corrected chi connectivity index (χ4v) is 2.33. The molecular weight excluding hydrogens is 267 g/mol. The fourth-order valence-electron chi connectivity index (χ4n) is 2.05. The molecule has 2 rings (SSSR count). The molecule has 0 spiro atoms. The van der Waals surface area contributed by atoms with E-state index in [4.69, 9.17) is 17.3 Å². The van der Waals surface area contributed by atoms with Gasteiger partial charge in [0.1, 0.15) is 5.82 Å². The third kappa shape index (κ3) is 2.92. The van der Waals surface area contributed by atoms with E-state index in [0.717, 1.165) is 5.56 Å². The largest absolute Gasteiger partial charge is 0.388 e. The van der Waals surface area contributed by atoms with E-state index in [2.05, 4.69) is 4.98 Å². The van der Waals surface area contributed by atoms with E-state index in [-0.39, 0.29) is 17.1 Å². The summed E-state index contributed by atoms with van der Waals surface area (Å²) in [6.07, 6.45) is 2.11. The summed E-state index contributed by atoms with van der Waals surface area (Å²) >= 11 is 5.96. The van der Waals surface area contributed by atoms with Crippen molar-refractivity contribution < 1.29 is 9.50 Å². The summed E-state index contributed by atoms with van der Waals surface area (Å²) in [6, 6.07) is 7.80. The number of pyridine rings is 1. The zero-order valence-electron chi connectivity index (χ0n) is 10.1. The highest BCUT2D eigenvalue weighted by Gasteiger charge is 2.26. The molecule has 0 fully saturated rings. The molecule has 2 unspecified atom stereocenters. The van der Waals surface area contributed by atoms with Crippen LogP contribution in [0.4, 0.5) is 4.39 Å². The molecule has 0 radical (unpaired) electrons. The van der Waals surface area contributed by atoms with Gasteiger partial charge in [0.25, 0.3) is 0 Å². The van der Waals surface area contributed by atoms with Gasteiger partial charge in [-0.2, -0.15) is 0 Å². The molecule has 0 aliphatic carbocycles. The van der Waals surface area contributed by atoms with Gasteiger partial charge in [0.2, 0.25) is 0 Å². The van der Waals surface area contributed by atoms with Gasteiger partial charge < -0.3 is 10.8 Å². The molecule has 0 bridgehead atoms. The van der Waals surface area contributed by atoms with Gasteiger partial charge in [0, 0.05) is 35.4 Å². The molecular formula is C14H14ClFN2O. The number of rotatable bonds is 4. The fraction of sp³-hybridized carbons (Fsp3) is 0.214. The molecule has 0 saturated heterocycles. The maximum Gasteiger partial charge on any atom is 0.130 e. The Kier molecular flexibility index (Phi) is 4.47. The van der Waals surface area contributed by atoms with Crippen LogP contribution in [0.3, 0.4) is 0 Å². The monoisotopic (exact) mass is 280 g/mol. The Morgan fingerprint density at radius 1 is 1.26 bits per heavy atom. The van der Waals surface area contributed by atoms with Gasteiger partial charge in [0.15, 0.2) is 0 Å². The zero-order valence-corrected chi connectivity index (χ0v) is 10.9. The maximum absolute atomic E-state index is 13.8. The highest BCUT2D eigenvalue weighted by Crippen LogP contribution is 2.35. The Hall–Kier alpha value is -1.49. The van der Waals surface area contributed by atoms with Crippen molar-refractivity contribution in [2.45, 2.75) is 12.0 Å². The Bertz CT molecular complexity index is 530. The van der Waals surface area contributed by atoms with Crippen LogP contribution < -0.4 is 5.73 Å². The number of aliphatic hydroxyl groups is 1. The maximum atomic E-state index is 13.8. The number of hydrogen-bond acceptors (Lipinski definition) is 3. The SMILES string of the molecule is NCC(c1ccncc1)C(O)c1c(F)cccc1Cl. The van der Waals surface area contributed by atoms with Crippen molar-refractivity contribution in [1.29, 1.82) is 0 Å². The van der Waals surface area contributed by atoms with E-state index < -0.39 is 17.8 Å². The van der Waals surface area contributed by atoms with Crippen molar-refractivity contribution in [1.82, 2.24) is 4.98 Å². The molecule has 2 aromatic rings. The normalized spacial score (nSPS) is 14.1. The summed E-state index contributed by atoms with van der Waals surface area (Å²) in [4.78, 5) is 3.91. The average molecular weight is 281 g/mol. The summed E-state index contributed by atoms with van der Waals surface area (Å²) in [5, 5.41) is 10.6. The predicted molar refractivity (Wildman–Crippen MR) is 72.4 cm³/mol. The van der Waals surface area contributed by atoms with Crippen LogP contribution in [-0.4, -0.2) is 16.6 Å². The number of halogens is 2. The Labute approximate surface area is 115 Å². The van der Waals surface area contributed by atoms with E-state index in [1.54, 1.807) is 30.6 Å². The molecule has 2 atom stereocenters. The molecule has 0 amide bonds. The molecule has 0 aliphatic rings. The highest BCUT2D eigenvalue weighted by atomic mass is 35.5. The number of aromatic nitrogens is 1. The molecule has 3 N–H and O–H groups in total. The first-order valence-electron chi connectivity index (χ1n) is 5.87. The molecule has 5 heteroatoms. The van der Waals surface area contributed by atoms with Crippen LogP contribution in [0, 0.1) is 5.82 Å². The lowest BCUT2D eigenvalue weighted by Gasteiger charge is -2.23. The minimum absolute atomic E-state index is 0.0800. The van der Waals surface area contributed by atoms with Crippen LogP contribution in [-0.2, 0) is 0 Å². The number of aliphatic hydroxyl groups excluding tert-OH is 1. The van der Waals surface area contributed by atoms with E-state index in [0.29, 0.717) is 0 Å². The zero-order chi connectivity index (χ0) is 13.8. The van der Waals surface area contributed by atoms with Crippen molar-refractivity contribution in [2.24, 2.45) is 5.73 Å². The number of benzene rings is 1.